The van der Waals surface area contributed by atoms with Crippen molar-refractivity contribution in [3.63, 3.8) is 0 Å². The Labute approximate surface area is 114 Å². The highest BCUT2D eigenvalue weighted by atomic mass is 16.3. The van der Waals surface area contributed by atoms with Crippen LogP contribution in [0.15, 0.2) is 34.9 Å². The van der Waals surface area contributed by atoms with E-state index < -0.39 is 0 Å². The summed E-state index contributed by atoms with van der Waals surface area (Å²) >= 11 is 0. The molecule has 1 aromatic carbocycles. The molecule has 102 valence electrons. The van der Waals surface area contributed by atoms with Crippen molar-refractivity contribution < 1.29 is 4.42 Å². The summed E-state index contributed by atoms with van der Waals surface area (Å²) in [6.07, 6.45) is 9.79. The molecule has 3 heteroatoms. The fourth-order valence-corrected chi connectivity index (χ4v) is 3.31. The highest BCUT2D eigenvalue weighted by Gasteiger charge is 2.22. The number of hydrogen-bond donors (Lipinski definition) is 2. The third kappa shape index (κ3) is 2.67. The number of benzene rings is 1. The molecule has 1 saturated carbocycles. The number of nitrogens with two attached hydrogens (primary N) is 1. The number of hydrazine groups is 1. The fraction of sp³-hybridized carbons (Fsp3) is 0.500. The maximum Gasteiger partial charge on any atom is 0.134 e. The number of nitrogens with one attached hydrogen (secondary N) is 1. The van der Waals surface area contributed by atoms with Gasteiger partial charge in [-0.25, -0.2) is 0 Å². The number of hydrogen-bond acceptors (Lipinski definition) is 3. The average Bonchev–Trinajstić information content (AvgIpc) is 2.90. The molecular weight excluding hydrogens is 236 g/mol. The second-order valence-electron chi connectivity index (χ2n) is 5.65. The van der Waals surface area contributed by atoms with Crippen LogP contribution in [0.3, 0.4) is 0 Å². The lowest BCUT2D eigenvalue weighted by Crippen LogP contribution is -2.30. The highest BCUT2D eigenvalue weighted by molar-refractivity contribution is 5.81. The minimum atomic E-state index is 0.201. The SMILES string of the molecule is NNC(CC1CCCCC1)c1coc2ccccc12. The highest BCUT2D eigenvalue weighted by Crippen LogP contribution is 2.34. The van der Waals surface area contributed by atoms with Crippen molar-refractivity contribution in [3.8, 4) is 0 Å². The Balaban J connectivity index is 1.81. The van der Waals surface area contributed by atoms with Gasteiger partial charge in [0.05, 0.1) is 12.3 Å². The smallest absolute Gasteiger partial charge is 0.134 e. The van der Waals surface area contributed by atoms with Crippen molar-refractivity contribution >= 4 is 11.0 Å². The lowest BCUT2D eigenvalue weighted by Gasteiger charge is -2.25. The predicted molar refractivity (Wildman–Crippen MR) is 77.5 cm³/mol. The molecule has 3 N–H and O–H groups in total. The Bertz CT molecular complexity index is 528. The zero-order chi connectivity index (χ0) is 13.1. The van der Waals surface area contributed by atoms with Crippen LogP contribution in [0.25, 0.3) is 11.0 Å². The molecule has 0 saturated heterocycles. The molecule has 1 atom stereocenters. The molecular formula is C16H22N2O. The largest absolute Gasteiger partial charge is 0.464 e. The molecule has 19 heavy (non-hydrogen) atoms. The van der Waals surface area contributed by atoms with E-state index in [4.69, 9.17) is 10.3 Å². The van der Waals surface area contributed by atoms with E-state index in [9.17, 15) is 0 Å². The van der Waals surface area contributed by atoms with Gasteiger partial charge in [0.2, 0.25) is 0 Å². The van der Waals surface area contributed by atoms with Gasteiger partial charge in [-0.15, -0.1) is 0 Å². The second-order valence-corrected chi connectivity index (χ2v) is 5.65. The third-order valence-electron chi connectivity index (χ3n) is 4.38. The van der Waals surface area contributed by atoms with Gasteiger partial charge in [-0.2, -0.15) is 0 Å². The van der Waals surface area contributed by atoms with Crippen LogP contribution in [-0.2, 0) is 0 Å². The first kappa shape index (κ1) is 12.7. The van der Waals surface area contributed by atoms with Crippen LogP contribution in [-0.4, -0.2) is 0 Å². The number of fused-ring (bicyclic) bond motifs is 1. The third-order valence-corrected chi connectivity index (χ3v) is 4.38. The second kappa shape index (κ2) is 5.76. The van der Waals surface area contributed by atoms with E-state index in [1.807, 2.05) is 18.4 Å². The van der Waals surface area contributed by atoms with Gasteiger partial charge >= 0.3 is 0 Å². The molecule has 1 aliphatic rings. The normalized spacial score (nSPS) is 18.8. The fourth-order valence-electron chi connectivity index (χ4n) is 3.31. The van der Waals surface area contributed by atoms with Crippen LogP contribution in [0.5, 0.6) is 0 Å². The zero-order valence-corrected chi connectivity index (χ0v) is 11.3. The average molecular weight is 258 g/mol. The molecule has 0 radical (unpaired) electrons. The minimum Gasteiger partial charge on any atom is -0.464 e. The summed E-state index contributed by atoms with van der Waals surface area (Å²) in [4.78, 5) is 0. The van der Waals surface area contributed by atoms with Gasteiger partial charge in [0.1, 0.15) is 5.58 Å². The first-order valence-corrected chi connectivity index (χ1v) is 7.30. The molecule has 3 nitrogen and oxygen atoms in total. The van der Waals surface area contributed by atoms with Gasteiger partial charge < -0.3 is 4.42 Å². The summed E-state index contributed by atoms with van der Waals surface area (Å²) in [7, 11) is 0. The number of para-hydroxylation sites is 1. The Morgan fingerprint density at radius 2 is 2.00 bits per heavy atom. The van der Waals surface area contributed by atoms with Gasteiger partial charge in [-0.05, 0) is 18.4 Å². The van der Waals surface area contributed by atoms with Crippen molar-refractivity contribution in [3.05, 3.63) is 36.1 Å². The molecule has 1 aliphatic carbocycles. The van der Waals surface area contributed by atoms with Crippen LogP contribution in [0, 0.1) is 5.92 Å². The monoisotopic (exact) mass is 258 g/mol. The van der Waals surface area contributed by atoms with Crippen LogP contribution in [0.4, 0.5) is 0 Å². The van der Waals surface area contributed by atoms with Crippen molar-refractivity contribution in [2.45, 2.75) is 44.6 Å². The van der Waals surface area contributed by atoms with E-state index in [1.165, 1.54) is 43.1 Å². The first-order valence-electron chi connectivity index (χ1n) is 7.30. The molecule has 1 heterocycles. The van der Waals surface area contributed by atoms with Gasteiger partial charge in [-0.3, -0.25) is 11.3 Å². The Morgan fingerprint density at radius 1 is 1.21 bits per heavy atom. The van der Waals surface area contributed by atoms with E-state index in [0.717, 1.165) is 17.9 Å². The summed E-state index contributed by atoms with van der Waals surface area (Å²) in [6, 6.07) is 8.37. The Kier molecular flexibility index (Phi) is 3.85. The molecule has 0 aliphatic heterocycles. The lowest BCUT2D eigenvalue weighted by atomic mass is 9.83. The van der Waals surface area contributed by atoms with Crippen molar-refractivity contribution in [2.24, 2.45) is 11.8 Å². The predicted octanol–water partition coefficient (Wildman–Crippen LogP) is 3.91. The van der Waals surface area contributed by atoms with Crippen LogP contribution in [0.2, 0.25) is 0 Å². The van der Waals surface area contributed by atoms with E-state index in [1.54, 1.807) is 0 Å². The quantitative estimate of drug-likeness (QED) is 0.646. The first-order chi connectivity index (χ1) is 9.38. The molecule has 1 aromatic heterocycles. The van der Waals surface area contributed by atoms with E-state index in [2.05, 4.69) is 17.6 Å². The maximum atomic E-state index is 5.78. The molecule has 3 rings (SSSR count). The van der Waals surface area contributed by atoms with Crippen molar-refractivity contribution in [1.82, 2.24) is 5.43 Å². The molecule has 1 fully saturated rings. The summed E-state index contributed by atoms with van der Waals surface area (Å²) in [5, 5.41) is 1.18. The number of furan rings is 1. The molecule has 1 unspecified atom stereocenters. The Hall–Kier alpha value is -1.32. The van der Waals surface area contributed by atoms with Gasteiger partial charge in [0, 0.05) is 10.9 Å². The molecule has 0 bridgehead atoms. The summed E-state index contributed by atoms with van der Waals surface area (Å²) in [5.41, 5.74) is 5.13. The van der Waals surface area contributed by atoms with Crippen LogP contribution in [0.1, 0.15) is 50.1 Å². The van der Waals surface area contributed by atoms with E-state index in [-0.39, 0.29) is 6.04 Å². The van der Waals surface area contributed by atoms with E-state index >= 15 is 0 Å². The summed E-state index contributed by atoms with van der Waals surface area (Å²) in [5.74, 6) is 6.58. The Morgan fingerprint density at radius 3 is 2.79 bits per heavy atom. The maximum absolute atomic E-state index is 5.78. The van der Waals surface area contributed by atoms with Crippen LogP contribution < -0.4 is 11.3 Å². The lowest BCUT2D eigenvalue weighted by molar-refractivity contribution is 0.301. The molecule has 2 aromatic rings. The van der Waals surface area contributed by atoms with Gasteiger partial charge in [0.15, 0.2) is 0 Å². The van der Waals surface area contributed by atoms with Crippen LogP contribution >= 0.6 is 0 Å². The molecule has 0 spiro atoms. The number of rotatable bonds is 4. The minimum absolute atomic E-state index is 0.201. The van der Waals surface area contributed by atoms with E-state index in [0.29, 0.717) is 0 Å². The standard InChI is InChI=1S/C16H22N2O/c17-18-15(10-12-6-2-1-3-7-12)14-11-19-16-9-5-4-8-13(14)16/h4-5,8-9,11-12,15,18H,1-3,6-7,10,17H2. The van der Waals surface area contributed by atoms with Crippen molar-refractivity contribution in [2.75, 3.05) is 0 Å². The molecule has 0 amide bonds. The zero-order valence-electron chi connectivity index (χ0n) is 11.3. The summed E-state index contributed by atoms with van der Waals surface area (Å²) < 4.78 is 5.63. The van der Waals surface area contributed by atoms with Gasteiger partial charge in [0.25, 0.3) is 0 Å². The summed E-state index contributed by atoms with van der Waals surface area (Å²) in [6.45, 7) is 0. The van der Waals surface area contributed by atoms with Gasteiger partial charge in [-0.1, -0.05) is 50.3 Å². The van der Waals surface area contributed by atoms with Crippen molar-refractivity contribution in [1.29, 1.82) is 0 Å². The topological polar surface area (TPSA) is 51.2 Å².